The molecule has 0 spiro atoms. The van der Waals surface area contributed by atoms with Crippen molar-refractivity contribution in [3.05, 3.63) is 193 Å². The molecule has 0 aliphatic heterocycles. The molecular weight excluding hydrogens is 974 g/mol. The first-order valence-electron chi connectivity index (χ1n) is 22.0. The first-order valence-corrected chi connectivity index (χ1v) is 22.0. The first-order chi connectivity index (χ1) is 30.6. The SMILES string of the molecule is C=C(C)c1ccnc(-c2[c-]c(-c3cc(-c4ccc(C(C)(C)C)cc4-c4ccccc4)cc4c3nc(-c3ccccc3O)n4C)cc(-c3ccc(C(C)(C)C)cc3-c3ccccc3)c2)c1.[Pt]. The molecule has 0 fully saturated rings. The second-order valence-electron chi connectivity index (χ2n) is 19.1. The van der Waals surface area contributed by atoms with Gasteiger partial charge in [0.15, 0.2) is 0 Å². The Balaban J connectivity index is 0.00000576. The largest absolute Gasteiger partial charge is 0.507 e. The third-order valence-corrected chi connectivity index (χ3v) is 12.4. The topological polar surface area (TPSA) is 50.9 Å². The van der Waals surface area contributed by atoms with Crippen molar-refractivity contribution in [2.75, 3.05) is 0 Å². The summed E-state index contributed by atoms with van der Waals surface area (Å²) in [5, 5.41) is 11.2. The number of hydrogen-bond acceptors (Lipinski definition) is 3. The molecule has 7 aromatic carbocycles. The van der Waals surface area contributed by atoms with Crippen LogP contribution in [0.15, 0.2) is 171 Å². The number of aromatic nitrogens is 3. The number of phenolic OH excluding ortho intramolecular Hbond substituents is 1. The zero-order valence-electron chi connectivity index (χ0n) is 38.4. The maximum Gasteiger partial charge on any atom is 0.143 e. The van der Waals surface area contributed by atoms with Crippen LogP contribution in [0.1, 0.15) is 65.2 Å². The number of pyridine rings is 1. The molecule has 0 aliphatic rings. The Morgan fingerprint density at radius 3 is 1.65 bits per heavy atom. The van der Waals surface area contributed by atoms with Crippen LogP contribution in [0.2, 0.25) is 0 Å². The van der Waals surface area contributed by atoms with Crippen LogP contribution in [0.25, 0.3) is 94.9 Å². The summed E-state index contributed by atoms with van der Waals surface area (Å²) < 4.78 is 2.10. The molecule has 2 heterocycles. The Kier molecular flexibility index (Phi) is 12.3. The van der Waals surface area contributed by atoms with Crippen LogP contribution in [0, 0.1) is 6.07 Å². The Morgan fingerprint density at radius 2 is 1.09 bits per heavy atom. The van der Waals surface area contributed by atoms with Crippen molar-refractivity contribution in [3.63, 3.8) is 0 Å². The van der Waals surface area contributed by atoms with Gasteiger partial charge in [-0.05, 0) is 97.7 Å². The Bertz CT molecular complexity index is 3220. The molecule has 0 amide bonds. The van der Waals surface area contributed by atoms with Crippen molar-refractivity contribution in [2.24, 2.45) is 7.05 Å². The molecule has 9 rings (SSSR count). The Hall–Kier alpha value is -6.61. The van der Waals surface area contributed by atoms with Gasteiger partial charge in [-0.25, -0.2) is 4.98 Å². The predicted octanol–water partition coefficient (Wildman–Crippen LogP) is 15.8. The van der Waals surface area contributed by atoms with E-state index in [2.05, 4.69) is 186 Å². The molecule has 5 heteroatoms. The normalized spacial score (nSPS) is 11.7. The van der Waals surface area contributed by atoms with Gasteiger partial charge in [0.1, 0.15) is 11.6 Å². The van der Waals surface area contributed by atoms with Gasteiger partial charge in [0, 0.05) is 40.0 Å². The monoisotopic (exact) mass is 1030 g/mol. The van der Waals surface area contributed by atoms with Gasteiger partial charge >= 0.3 is 0 Å². The van der Waals surface area contributed by atoms with E-state index < -0.39 is 0 Å². The first kappa shape index (κ1) is 45.0. The molecule has 4 nitrogen and oxygen atoms in total. The van der Waals surface area contributed by atoms with E-state index >= 15 is 0 Å². The average molecular weight is 1030 g/mol. The van der Waals surface area contributed by atoms with Crippen molar-refractivity contribution in [1.82, 2.24) is 14.5 Å². The number of rotatable bonds is 8. The minimum Gasteiger partial charge on any atom is -0.507 e. The maximum absolute atomic E-state index is 11.2. The zero-order valence-corrected chi connectivity index (χ0v) is 40.7. The second-order valence-corrected chi connectivity index (χ2v) is 19.1. The fourth-order valence-corrected chi connectivity index (χ4v) is 8.64. The quantitative estimate of drug-likeness (QED) is 0.154. The van der Waals surface area contributed by atoms with E-state index in [0.29, 0.717) is 11.4 Å². The molecule has 0 bridgehead atoms. The molecule has 0 radical (unpaired) electrons. The summed E-state index contributed by atoms with van der Waals surface area (Å²) in [4.78, 5) is 10.3. The van der Waals surface area contributed by atoms with Crippen LogP contribution in [0.5, 0.6) is 5.75 Å². The number of para-hydroxylation sites is 1. The molecule has 0 unspecified atom stereocenters. The fraction of sp³-hybridized carbons (Fsp3) is 0.167. The van der Waals surface area contributed by atoms with E-state index in [1.165, 1.54) is 11.1 Å². The summed E-state index contributed by atoms with van der Waals surface area (Å²) in [7, 11) is 2.03. The number of nitrogens with zero attached hydrogens (tertiary/aromatic N) is 3. The second kappa shape index (κ2) is 17.8. The third kappa shape index (κ3) is 8.93. The number of aromatic hydroxyl groups is 1. The van der Waals surface area contributed by atoms with Crippen molar-refractivity contribution in [2.45, 2.75) is 59.3 Å². The van der Waals surface area contributed by atoms with Crippen LogP contribution in [-0.2, 0) is 38.9 Å². The molecular formula is C60H54N3OPt-. The van der Waals surface area contributed by atoms with Gasteiger partial charge in [0.25, 0.3) is 0 Å². The van der Waals surface area contributed by atoms with E-state index in [4.69, 9.17) is 9.97 Å². The standard InChI is InChI=1S/C60H54N3O.Pt/c1-38(2)41-28-29-61-54(34-41)45-31-42(48-26-24-46(59(3,4)5)36-51(48)39-18-12-10-13-19-39)30-43(32-45)53-33-44(35-55-57(53)62-58(63(55)9)50-22-16-17-23-56(50)64)49-27-25-47(60(6,7)8)37-52(49)40-20-14-11-15-21-40;/h10-31,33-37,64H,1H2,2-9H3;/q-1;. The minimum atomic E-state index is -0.0463. The third-order valence-electron chi connectivity index (χ3n) is 12.4. The van der Waals surface area contributed by atoms with Crippen molar-refractivity contribution >= 4 is 16.6 Å². The smallest absolute Gasteiger partial charge is 0.143 e. The molecule has 0 saturated carbocycles. The molecule has 65 heavy (non-hydrogen) atoms. The van der Waals surface area contributed by atoms with Crippen molar-refractivity contribution in [1.29, 1.82) is 0 Å². The van der Waals surface area contributed by atoms with Crippen molar-refractivity contribution in [3.8, 4) is 84.0 Å². The van der Waals surface area contributed by atoms with Gasteiger partial charge in [-0.2, -0.15) is 0 Å². The summed E-state index contributed by atoms with van der Waals surface area (Å²) in [6.07, 6.45) is 1.86. The van der Waals surface area contributed by atoms with Gasteiger partial charge in [-0.15, -0.1) is 23.8 Å². The molecule has 0 aliphatic carbocycles. The van der Waals surface area contributed by atoms with E-state index in [9.17, 15) is 5.11 Å². The molecule has 326 valence electrons. The van der Waals surface area contributed by atoms with Crippen LogP contribution >= 0.6 is 0 Å². The zero-order chi connectivity index (χ0) is 44.9. The number of imidazole rings is 1. The summed E-state index contributed by atoms with van der Waals surface area (Å²) >= 11 is 0. The van der Waals surface area contributed by atoms with Crippen LogP contribution < -0.4 is 0 Å². The molecule has 0 atom stereocenters. The summed E-state index contributed by atoms with van der Waals surface area (Å²) in [6, 6.07) is 59.5. The number of phenols is 1. The average Bonchev–Trinajstić information content (AvgIpc) is 3.63. The van der Waals surface area contributed by atoms with Crippen LogP contribution in [-0.4, -0.2) is 19.6 Å². The number of aryl methyl sites for hydroxylation is 1. The molecule has 9 aromatic rings. The van der Waals surface area contributed by atoms with E-state index in [1.807, 2.05) is 44.4 Å². The predicted molar refractivity (Wildman–Crippen MR) is 269 cm³/mol. The fourth-order valence-electron chi connectivity index (χ4n) is 8.64. The van der Waals surface area contributed by atoms with Gasteiger partial charge < -0.3 is 9.67 Å². The van der Waals surface area contributed by atoms with Gasteiger partial charge in [-0.1, -0.05) is 192 Å². The number of fused-ring (bicyclic) bond motifs is 1. The van der Waals surface area contributed by atoms with E-state index in [1.54, 1.807) is 6.07 Å². The number of hydrogen-bond donors (Lipinski definition) is 1. The maximum atomic E-state index is 11.2. The van der Waals surface area contributed by atoms with Gasteiger partial charge in [0.05, 0.1) is 16.6 Å². The number of allylic oxidation sites excluding steroid dienone is 1. The minimum absolute atomic E-state index is 0. The summed E-state index contributed by atoms with van der Waals surface area (Å²) in [6.45, 7) is 19.9. The van der Waals surface area contributed by atoms with E-state index in [-0.39, 0.29) is 37.6 Å². The molecule has 2 aromatic heterocycles. The Morgan fingerprint density at radius 1 is 0.554 bits per heavy atom. The van der Waals surface area contributed by atoms with Gasteiger partial charge in [-0.3, -0.25) is 4.98 Å². The van der Waals surface area contributed by atoms with Crippen LogP contribution in [0.4, 0.5) is 0 Å². The molecule has 0 saturated heterocycles. The van der Waals surface area contributed by atoms with Gasteiger partial charge in [0.2, 0.25) is 0 Å². The van der Waals surface area contributed by atoms with Crippen LogP contribution in [0.3, 0.4) is 0 Å². The molecule has 1 N–H and O–H groups in total. The summed E-state index contributed by atoms with van der Waals surface area (Å²) in [5.74, 6) is 0.854. The summed E-state index contributed by atoms with van der Waals surface area (Å²) in [5.41, 5.74) is 19.3. The van der Waals surface area contributed by atoms with E-state index in [0.717, 1.165) is 89.1 Å². The van der Waals surface area contributed by atoms with Crippen molar-refractivity contribution < 1.29 is 26.2 Å². The Labute approximate surface area is 398 Å². The number of benzene rings is 7.